The summed E-state index contributed by atoms with van der Waals surface area (Å²) >= 11 is 0. The van der Waals surface area contributed by atoms with Crippen molar-refractivity contribution >= 4 is 5.78 Å². The number of aromatic nitrogens is 3. The third-order valence-electron chi connectivity index (χ3n) is 3.03. The van der Waals surface area contributed by atoms with Gasteiger partial charge in [-0.15, -0.1) is 0 Å². The minimum atomic E-state index is 0.0238. The van der Waals surface area contributed by atoms with E-state index >= 15 is 0 Å². The Morgan fingerprint density at radius 1 is 1.62 bits per heavy atom. The molecule has 88 valence electrons. The molecule has 2 rings (SSSR count). The van der Waals surface area contributed by atoms with E-state index in [0.717, 1.165) is 31.8 Å². The lowest BCUT2D eigenvalue weighted by molar-refractivity contribution is -0.121. The highest BCUT2D eigenvalue weighted by Gasteiger charge is 2.21. The summed E-state index contributed by atoms with van der Waals surface area (Å²) in [7, 11) is 0. The van der Waals surface area contributed by atoms with E-state index in [2.05, 4.69) is 15.4 Å². The lowest BCUT2D eigenvalue weighted by Gasteiger charge is -2.21. The second kappa shape index (κ2) is 5.21. The van der Waals surface area contributed by atoms with Crippen LogP contribution in [0.5, 0.6) is 0 Å². The molecule has 16 heavy (non-hydrogen) atoms. The first-order valence-corrected chi connectivity index (χ1v) is 5.94. The van der Waals surface area contributed by atoms with Gasteiger partial charge in [0, 0.05) is 6.54 Å². The van der Waals surface area contributed by atoms with Gasteiger partial charge in [0.2, 0.25) is 0 Å². The molecule has 1 aromatic rings. The molecule has 0 spiro atoms. The van der Waals surface area contributed by atoms with E-state index in [-0.39, 0.29) is 11.8 Å². The Morgan fingerprint density at radius 2 is 2.50 bits per heavy atom. The van der Waals surface area contributed by atoms with Gasteiger partial charge in [-0.05, 0) is 26.3 Å². The first-order valence-electron chi connectivity index (χ1n) is 5.94. The van der Waals surface area contributed by atoms with Crippen LogP contribution >= 0.6 is 0 Å². The van der Waals surface area contributed by atoms with Gasteiger partial charge >= 0.3 is 0 Å². The van der Waals surface area contributed by atoms with Gasteiger partial charge in [0.25, 0.3) is 0 Å². The van der Waals surface area contributed by atoms with Gasteiger partial charge in [-0.3, -0.25) is 4.79 Å². The first kappa shape index (κ1) is 11.3. The molecule has 5 nitrogen and oxygen atoms in total. The Hall–Kier alpha value is -1.23. The zero-order valence-corrected chi connectivity index (χ0v) is 9.65. The minimum Gasteiger partial charge on any atom is -0.307 e. The molecular weight excluding hydrogens is 204 g/mol. The van der Waals surface area contributed by atoms with Crippen molar-refractivity contribution in [3.8, 4) is 0 Å². The Kier molecular flexibility index (Phi) is 3.66. The number of carbonyl (C=O) groups is 1. The number of ketones is 1. The zero-order chi connectivity index (χ0) is 11.4. The van der Waals surface area contributed by atoms with Crippen molar-refractivity contribution in [2.24, 2.45) is 0 Å². The molecule has 0 aliphatic carbocycles. The molecule has 1 aliphatic rings. The maximum atomic E-state index is 12.0. The van der Waals surface area contributed by atoms with Gasteiger partial charge in [0.15, 0.2) is 5.78 Å². The van der Waals surface area contributed by atoms with Crippen LogP contribution in [0.2, 0.25) is 0 Å². The van der Waals surface area contributed by atoms with Crippen LogP contribution in [0, 0.1) is 0 Å². The summed E-state index contributed by atoms with van der Waals surface area (Å²) in [5, 5.41) is 7.33. The Bertz CT molecular complexity index is 355. The van der Waals surface area contributed by atoms with E-state index in [1.165, 1.54) is 12.7 Å². The average molecular weight is 222 g/mol. The fraction of sp³-hybridized carbons (Fsp3) is 0.727. The van der Waals surface area contributed by atoms with Crippen molar-refractivity contribution in [2.75, 3.05) is 6.54 Å². The first-order chi connectivity index (χ1) is 7.81. The number of piperidine rings is 1. The van der Waals surface area contributed by atoms with Crippen LogP contribution in [-0.2, 0) is 17.8 Å². The van der Waals surface area contributed by atoms with Crippen molar-refractivity contribution < 1.29 is 4.79 Å². The monoisotopic (exact) mass is 222 g/mol. The topological polar surface area (TPSA) is 59.8 Å². The molecule has 1 atom stereocenters. The predicted octanol–water partition coefficient (Wildman–Crippen LogP) is 0.552. The summed E-state index contributed by atoms with van der Waals surface area (Å²) in [6, 6.07) is 0.0238. The van der Waals surface area contributed by atoms with Crippen LogP contribution in [0.3, 0.4) is 0 Å². The zero-order valence-electron chi connectivity index (χ0n) is 9.65. The normalized spacial score (nSPS) is 20.9. The molecule has 0 amide bonds. The van der Waals surface area contributed by atoms with Crippen LogP contribution in [0.15, 0.2) is 6.33 Å². The molecule has 1 unspecified atom stereocenters. The van der Waals surface area contributed by atoms with Crippen LogP contribution in [-0.4, -0.2) is 33.1 Å². The molecule has 1 fully saturated rings. The third kappa shape index (κ3) is 2.47. The third-order valence-corrected chi connectivity index (χ3v) is 3.03. The Balaban J connectivity index is 1.95. The molecule has 0 bridgehead atoms. The van der Waals surface area contributed by atoms with Gasteiger partial charge in [0.05, 0.1) is 12.5 Å². The highest BCUT2D eigenvalue weighted by Crippen LogP contribution is 2.09. The minimum absolute atomic E-state index is 0.0238. The number of hydrogen-bond donors (Lipinski definition) is 1. The summed E-state index contributed by atoms with van der Waals surface area (Å²) in [4.78, 5) is 16.1. The number of nitrogens with zero attached hydrogens (tertiary/aromatic N) is 3. The summed E-state index contributed by atoms with van der Waals surface area (Å²) in [5.74, 6) is 1.02. The van der Waals surface area contributed by atoms with E-state index in [4.69, 9.17) is 0 Å². The van der Waals surface area contributed by atoms with Crippen molar-refractivity contribution in [1.29, 1.82) is 0 Å². The standard InChI is InChI=1S/C11H18N4O/c1-2-15-11(13-8-14-15)7-10(16)9-5-3-4-6-12-9/h8-9,12H,2-7H2,1H3. The molecule has 0 aromatic carbocycles. The highest BCUT2D eigenvalue weighted by molar-refractivity contribution is 5.85. The SMILES string of the molecule is CCn1ncnc1CC(=O)C1CCCCN1. The number of hydrogen-bond acceptors (Lipinski definition) is 4. The second-order valence-electron chi connectivity index (χ2n) is 4.14. The molecule has 5 heteroatoms. The number of Topliss-reactive ketones (excluding diaryl/α,β-unsaturated/α-hetero) is 1. The van der Waals surface area contributed by atoms with E-state index in [0.29, 0.717) is 6.42 Å². The molecular formula is C11H18N4O. The summed E-state index contributed by atoms with van der Waals surface area (Å²) in [6.07, 6.45) is 5.18. The molecule has 1 aliphatic heterocycles. The molecule has 1 aromatic heterocycles. The second-order valence-corrected chi connectivity index (χ2v) is 4.14. The van der Waals surface area contributed by atoms with Crippen LogP contribution in [0.25, 0.3) is 0 Å². The van der Waals surface area contributed by atoms with Crippen LogP contribution in [0.1, 0.15) is 32.0 Å². The van der Waals surface area contributed by atoms with Crippen molar-refractivity contribution in [3.63, 3.8) is 0 Å². The predicted molar refractivity (Wildman–Crippen MR) is 60.0 cm³/mol. The maximum Gasteiger partial charge on any atom is 0.157 e. The van der Waals surface area contributed by atoms with E-state index in [1.807, 2.05) is 6.92 Å². The number of carbonyl (C=O) groups excluding carboxylic acids is 1. The fourth-order valence-corrected chi connectivity index (χ4v) is 2.09. The molecule has 0 radical (unpaired) electrons. The van der Waals surface area contributed by atoms with E-state index < -0.39 is 0 Å². The van der Waals surface area contributed by atoms with Crippen molar-refractivity contribution in [3.05, 3.63) is 12.2 Å². The largest absolute Gasteiger partial charge is 0.307 e. The van der Waals surface area contributed by atoms with Gasteiger partial charge in [-0.1, -0.05) is 6.42 Å². The summed E-state index contributed by atoms with van der Waals surface area (Å²) in [6.45, 7) is 3.72. The lowest BCUT2D eigenvalue weighted by Crippen LogP contribution is -2.41. The van der Waals surface area contributed by atoms with Crippen LogP contribution < -0.4 is 5.32 Å². The molecule has 1 N–H and O–H groups in total. The average Bonchev–Trinajstić information content (AvgIpc) is 2.77. The molecule has 2 heterocycles. The summed E-state index contributed by atoms with van der Waals surface area (Å²) in [5.41, 5.74) is 0. The fourth-order valence-electron chi connectivity index (χ4n) is 2.09. The van der Waals surface area contributed by atoms with Crippen molar-refractivity contribution in [2.45, 2.75) is 45.2 Å². The smallest absolute Gasteiger partial charge is 0.157 e. The summed E-state index contributed by atoms with van der Waals surface area (Å²) < 4.78 is 1.78. The molecule has 1 saturated heterocycles. The number of aryl methyl sites for hydroxylation is 1. The van der Waals surface area contributed by atoms with Crippen molar-refractivity contribution in [1.82, 2.24) is 20.1 Å². The Morgan fingerprint density at radius 3 is 3.19 bits per heavy atom. The number of rotatable bonds is 4. The Labute approximate surface area is 95.2 Å². The highest BCUT2D eigenvalue weighted by atomic mass is 16.1. The maximum absolute atomic E-state index is 12.0. The molecule has 0 saturated carbocycles. The van der Waals surface area contributed by atoms with E-state index in [9.17, 15) is 4.79 Å². The quantitative estimate of drug-likeness (QED) is 0.808. The van der Waals surface area contributed by atoms with Gasteiger partial charge in [0.1, 0.15) is 12.2 Å². The van der Waals surface area contributed by atoms with Gasteiger partial charge < -0.3 is 5.32 Å². The number of nitrogens with one attached hydrogen (secondary N) is 1. The van der Waals surface area contributed by atoms with Crippen LogP contribution in [0.4, 0.5) is 0 Å². The van der Waals surface area contributed by atoms with Gasteiger partial charge in [-0.2, -0.15) is 5.10 Å². The van der Waals surface area contributed by atoms with Gasteiger partial charge in [-0.25, -0.2) is 9.67 Å². The lowest BCUT2D eigenvalue weighted by atomic mass is 9.99. The van der Waals surface area contributed by atoms with E-state index in [1.54, 1.807) is 4.68 Å².